The summed E-state index contributed by atoms with van der Waals surface area (Å²) in [7, 11) is 1.85. The summed E-state index contributed by atoms with van der Waals surface area (Å²) < 4.78 is 0. The molecule has 0 aliphatic heterocycles. The Balaban J connectivity index is 0. The van der Waals surface area contributed by atoms with Gasteiger partial charge >= 0.3 is 0 Å². The second-order valence-corrected chi connectivity index (χ2v) is 1.89. The van der Waals surface area contributed by atoms with Gasteiger partial charge in [-0.3, -0.25) is 0 Å². The van der Waals surface area contributed by atoms with Crippen LogP contribution in [0.3, 0.4) is 0 Å². The van der Waals surface area contributed by atoms with Gasteiger partial charge in [0.2, 0.25) is 0 Å². The van der Waals surface area contributed by atoms with E-state index in [9.17, 15) is 0 Å². The molecule has 0 fully saturated rings. The summed E-state index contributed by atoms with van der Waals surface area (Å²) in [5, 5.41) is 3.94. The Bertz CT molecular complexity index is 29.3. The van der Waals surface area contributed by atoms with Crippen LogP contribution in [0, 0.1) is 5.92 Å². The summed E-state index contributed by atoms with van der Waals surface area (Å²) in [5.41, 5.74) is 0. The Labute approximate surface area is 60.1 Å². The molecule has 0 saturated carbocycles. The fraction of sp³-hybridized carbons (Fsp3) is 1.00. The number of hydrogen-bond acceptors (Lipinski definition) is 0. The maximum Gasteiger partial charge on any atom is 0 e. The quantitative estimate of drug-likeness (QED) is 0.724. The Morgan fingerprint density at radius 1 is 1.43 bits per heavy atom. The largest absolute Gasteiger partial charge is 0.665 e. The van der Waals surface area contributed by atoms with Crippen molar-refractivity contribution in [3.8, 4) is 0 Å². The summed E-state index contributed by atoms with van der Waals surface area (Å²) in [6, 6.07) is 0. The molecule has 0 aromatic rings. The van der Waals surface area contributed by atoms with E-state index in [1.54, 1.807) is 0 Å². The molecular formula is C5H12NW-. The Hall–Kier alpha value is 0.648. The SMILES string of the molecule is C[N-]CC(C)C.[W]. The Morgan fingerprint density at radius 2 is 1.86 bits per heavy atom. The molecule has 0 rings (SSSR count). The molecule has 0 bridgehead atoms. The molecule has 2 heteroatoms. The van der Waals surface area contributed by atoms with Gasteiger partial charge in [0.1, 0.15) is 0 Å². The van der Waals surface area contributed by atoms with E-state index in [2.05, 4.69) is 19.2 Å². The Morgan fingerprint density at radius 3 is 1.86 bits per heavy atom. The van der Waals surface area contributed by atoms with Crippen LogP contribution in [0.15, 0.2) is 0 Å². The van der Waals surface area contributed by atoms with Crippen LogP contribution in [-0.2, 0) is 21.1 Å². The first kappa shape index (κ1) is 10.6. The molecule has 0 aromatic carbocycles. The second-order valence-electron chi connectivity index (χ2n) is 1.89. The first-order valence-electron chi connectivity index (χ1n) is 2.33. The molecule has 0 N–H and O–H groups in total. The fourth-order valence-corrected chi connectivity index (χ4v) is 0.365. The van der Waals surface area contributed by atoms with Gasteiger partial charge in [0.15, 0.2) is 0 Å². The first-order valence-corrected chi connectivity index (χ1v) is 2.33. The van der Waals surface area contributed by atoms with Crippen molar-refractivity contribution in [3.63, 3.8) is 0 Å². The molecule has 0 heterocycles. The van der Waals surface area contributed by atoms with Crippen LogP contribution in [0.2, 0.25) is 0 Å². The summed E-state index contributed by atoms with van der Waals surface area (Å²) in [6.45, 7) is 5.32. The van der Waals surface area contributed by atoms with Gasteiger partial charge in [0.25, 0.3) is 0 Å². The van der Waals surface area contributed by atoms with Crippen molar-refractivity contribution < 1.29 is 21.1 Å². The van der Waals surface area contributed by atoms with Gasteiger partial charge in [0.05, 0.1) is 0 Å². The number of rotatable bonds is 2. The molecule has 0 aromatic heterocycles. The second kappa shape index (κ2) is 6.65. The van der Waals surface area contributed by atoms with Crippen LogP contribution in [0.25, 0.3) is 5.32 Å². The zero-order valence-electron chi connectivity index (χ0n) is 5.14. The van der Waals surface area contributed by atoms with Crippen molar-refractivity contribution in [1.29, 1.82) is 0 Å². The van der Waals surface area contributed by atoms with Gasteiger partial charge in [0, 0.05) is 21.1 Å². The predicted octanol–water partition coefficient (Wildman–Crippen LogP) is 1.64. The smallest absolute Gasteiger partial charge is 0 e. The van der Waals surface area contributed by atoms with E-state index in [1.165, 1.54) is 0 Å². The van der Waals surface area contributed by atoms with Crippen molar-refractivity contribution in [3.05, 3.63) is 5.32 Å². The van der Waals surface area contributed by atoms with E-state index in [0.717, 1.165) is 12.5 Å². The molecule has 44 valence electrons. The third-order valence-electron chi connectivity index (χ3n) is 0.548. The molecule has 0 unspecified atom stereocenters. The average Bonchev–Trinajstić information content (AvgIpc) is 1.35. The summed E-state index contributed by atoms with van der Waals surface area (Å²) in [6.07, 6.45) is 0. The molecule has 0 radical (unpaired) electrons. The third-order valence-corrected chi connectivity index (χ3v) is 0.548. The average molecular weight is 270 g/mol. The zero-order valence-corrected chi connectivity index (χ0v) is 8.07. The maximum absolute atomic E-state index is 3.94. The van der Waals surface area contributed by atoms with Crippen molar-refractivity contribution in [2.24, 2.45) is 5.92 Å². The van der Waals surface area contributed by atoms with E-state index in [4.69, 9.17) is 0 Å². The van der Waals surface area contributed by atoms with Gasteiger partial charge in [-0.1, -0.05) is 19.8 Å². The van der Waals surface area contributed by atoms with E-state index < -0.39 is 0 Å². The van der Waals surface area contributed by atoms with Crippen LogP contribution in [0.4, 0.5) is 0 Å². The maximum atomic E-state index is 3.94. The number of hydrogen-bond donors (Lipinski definition) is 0. The first-order chi connectivity index (χ1) is 2.77. The van der Waals surface area contributed by atoms with Crippen molar-refractivity contribution >= 4 is 0 Å². The predicted molar refractivity (Wildman–Crippen MR) is 29.0 cm³/mol. The summed E-state index contributed by atoms with van der Waals surface area (Å²) >= 11 is 0. The van der Waals surface area contributed by atoms with Crippen molar-refractivity contribution in [2.45, 2.75) is 13.8 Å². The minimum atomic E-state index is 0. The van der Waals surface area contributed by atoms with Crippen molar-refractivity contribution in [1.82, 2.24) is 0 Å². The topological polar surface area (TPSA) is 14.1 Å². The molecule has 0 atom stereocenters. The van der Waals surface area contributed by atoms with Gasteiger partial charge in [-0.05, 0) is 0 Å². The molecule has 0 spiro atoms. The third kappa shape index (κ3) is 10.8. The number of nitrogens with zero attached hydrogens (tertiary/aromatic N) is 1. The zero-order chi connectivity index (χ0) is 4.99. The molecule has 0 aliphatic rings. The van der Waals surface area contributed by atoms with Crippen LogP contribution in [0.1, 0.15) is 13.8 Å². The summed E-state index contributed by atoms with van der Waals surface area (Å²) in [5.74, 6) is 0.731. The Kier molecular flexibility index (Phi) is 10.1. The van der Waals surface area contributed by atoms with Gasteiger partial charge < -0.3 is 5.32 Å². The van der Waals surface area contributed by atoms with E-state index in [0.29, 0.717) is 0 Å². The molecule has 0 amide bonds. The van der Waals surface area contributed by atoms with Gasteiger partial charge in [-0.15, -0.1) is 6.54 Å². The normalized spacial score (nSPS) is 8.57. The van der Waals surface area contributed by atoms with Crippen molar-refractivity contribution in [2.75, 3.05) is 13.6 Å². The standard InChI is InChI=1S/C5H12N.W/c1-5(2)4-6-3;/h5H,4H2,1-3H3;/q-1;. The molecule has 0 aliphatic carbocycles. The molecule has 0 saturated heterocycles. The van der Waals surface area contributed by atoms with E-state index >= 15 is 0 Å². The fourth-order valence-electron chi connectivity index (χ4n) is 0.365. The van der Waals surface area contributed by atoms with E-state index in [-0.39, 0.29) is 21.1 Å². The monoisotopic (exact) mass is 270 g/mol. The molecule has 7 heavy (non-hydrogen) atoms. The minimum Gasteiger partial charge on any atom is -0.665 e. The molecular weight excluding hydrogens is 258 g/mol. The van der Waals surface area contributed by atoms with Crippen LogP contribution < -0.4 is 0 Å². The minimum absolute atomic E-state index is 0. The molecule has 1 nitrogen and oxygen atoms in total. The van der Waals surface area contributed by atoms with Crippen LogP contribution in [0.5, 0.6) is 0 Å². The van der Waals surface area contributed by atoms with E-state index in [1.807, 2.05) is 7.05 Å². The van der Waals surface area contributed by atoms with Gasteiger partial charge in [-0.2, -0.15) is 7.05 Å². The van der Waals surface area contributed by atoms with Gasteiger partial charge in [-0.25, -0.2) is 0 Å². The summed E-state index contributed by atoms with van der Waals surface area (Å²) in [4.78, 5) is 0. The van der Waals surface area contributed by atoms with Crippen LogP contribution >= 0.6 is 0 Å². The van der Waals surface area contributed by atoms with Crippen LogP contribution in [-0.4, -0.2) is 13.6 Å².